The maximum absolute atomic E-state index is 12.7. The second-order valence-electron chi connectivity index (χ2n) is 7.70. The lowest BCUT2D eigenvalue weighted by atomic mass is 10.1. The van der Waals surface area contributed by atoms with Gasteiger partial charge in [-0.1, -0.05) is 18.2 Å². The number of fused-ring (bicyclic) bond motifs is 1. The lowest BCUT2D eigenvalue weighted by Gasteiger charge is -2.20. The summed E-state index contributed by atoms with van der Waals surface area (Å²) < 4.78 is 29.8. The van der Waals surface area contributed by atoms with Crippen molar-refractivity contribution in [2.75, 3.05) is 5.32 Å². The monoisotopic (exact) mass is 423 g/mol. The van der Waals surface area contributed by atoms with Crippen LogP contribution in [0.25, 0.3) is 16.9 Å². The summed E-state index contributed by atoms with van der Waals surface area (Å²) in [5.74, 6) is 0.725. The third-order valence-corrected chi connectivity index (χ3v) is 5.79. The molecule has 0 saturated carbocycles. The van der Waals surface area contributed by atoms with E-state index in [0.717, 1.165) is 0 Å². The second-order valence-corrected chi connectivity index (χ2v) is 9.38. The molecule has 154 valence electrons. The lowest BCUT2D eigenvalue weighted by molar-refractivity contribution is 0.491. The number of pyridine rings is 1. The van der Waals surface area contributed by atoms with Gasteiger partial charge in [-0.2, -0.15) is 4.98 Å². The first-order valence-corrected chi connectivity index (χ1v) is 10.7. The minimum Gasteiger partial charge on any atom is -0.291 e. The van der Waals surface area contributed by atoms with Crippen molar-refractivity contribution in [2.45, 2.75) is 31.2 Å². The summed E-state index contributed by atoms with van der Waals surface area (Å²) in [7, 11) is -3.66. The molecule has 3 aromatic heterocycles. The van der Waals surface area contributed by atoms with E-state index < -0.39 is 15.6 Å². The highest BCUT2D eigenvalue weighted by molar-refractivity contribution is 7.89. The number of nitrogens with one attached hydrogen (secondary N) is 2. The van der Waals surface area contributed by atoms with Crippen LogP contribution in [0, 0.1) is 0 Å². The summed E-state index contributed by atoms with van der Waals surface area (Å²) in [4.78, 5) is 12.8. The Hall–Kier alpha value is -3.37. The fourth-order valence-electron chi connectivity index (χ4n) is 2.92. The number of hydrogen-bond acceptors (Lipinski definition) is 7. The maximum Gasteiger partial charge on any atom is 0.249 e. The molecule has 0 saturated heterocycles. The van der Waals surface area contributed by atoms with Gasteiger partial charge in [-0.05, 0) is 51.1 Å². The van der Waals surface area contributed by atoms with E-state index in [0.29, 0.717) is 28.8 Å². The summed E-state index contributed by atoms with van der Waals surface area (Å²) in [6.07, 6.45) is 3.24. The van der Waals surface area contributed by atoms with Crippen molar-refractivity contribution in [3.8, 4) is 11.3 Å². The predicted molar refractivity (Wildman–Crippen MR) is 114 cm³/mol. The van der Waals surface area contributed by atoms with Gasteiger partial charge in [-0.15, -0.1) is 5.10 Å². The zero-order valence-electron chi connectivity index (χ0n) is 16.7. The SMILES string of the molecule is CC(C)(C)NS(=O)(=O)c1cccc(-c2cccc3nc(Nc4ncccn4)nn23)c1. The first-order valence-electron chi connectivity index (χ1n) is 9.26. The average molecular weight is 424 g/mol. The number of nitrogens with zero attached hydrogens (tertiary/aromatic N) is 5. The van der Waals surface area contributed by atoms with E-state index >= 15 is 0 Å². The van der Waals surface area contributed by atoms with E-state index in [9.17, 15) is 8.42 Å². The van der Waals surface area contributed by atoms with Gasteiger partial charge >= 0.3 is 0 Å². The summed E-state index contributed by atoms with van der Waals surface area (Å²) >= 11 is 0. The number of sulfonamides is 1. The molecule has 0 atom stereocenters. The first kappa shape index (κ1) is 19.9. The van der Waals surface area contributed by atoms with Crippen LogP contribution in [0.15, 0.2) is 65.8 Å². The normalized spacial score (nSPS) is 12.2. The van der Waals surface area contributed by atoms with Crippen molar-refractivity contribution in [1.82, 2.24) is 29.3 Å². The molecule has 0 spiro atoms. The van der Waals surface area contributed by atoms with Crippen LogP contribution in [0.4, 0.5) is 11.9 Å². The number of hydrogen-bond donors (Lipinski definition) is 2. The molecule has 1 aromatic carbocycles. The van der Waals surface area contributed by atoms with Gasteiger partial charge in [0.15, 0.2) is 5.65 Å². The van der Waals surface area contributed by atoms with E-state index in [1.54, 1.807) is 61.9 Å². The molecule has 0 bridgehead atoms. The topological polar surface area (TPSA) is 114 Å². The van der Waals surface area contributed by atoms with Gasteiger partial charge < -0.3 is 0 Å². The summed E-state index contributed by atoms with van der Waals surface area (Å²) in [5.41, 5.74) is 1.42. The van der Waals surface area contributed by atoms with Crippen molar-refractivity contribution in [3.63, 3.8) is 0 Å². The Balaban J connectivity index is 1.73. The molecule has 30 heavy (non-hydrogen) atoms. The fourth-order valence-corrected chi connectivity index (χ4v) is 4.39. The molecule has 0 unspecified atom stereocenters. The third kappa shape index (κ3) is 4.29. The molecule has 0 aliphatic carbocycles. The Bertz CT molecular complexity index is 1300. The number of anilines is 2. The van der Waals surface area contributed by atoms with E-state index in [-0.39, 0.29) is 4.90 Å². The van der Waals surface area contributed by atoms with Gasteiger partial charge in [0.25, 0.3) is 0 Å². The number of rotatable bonds is 5. The molecule has 4 aromatic rings. The Labute approximate surface area is 174 Å². The van der Waals surface area contributed by atoms with Gasteiger partial charge in [-0.25, -0.2) is 27.6 Å². The summed E-state index contributed by atoms with van der Waals surface area (Å²) in [5, 5.41) is 7.45. The van der Waals surface area contributed by atoms with Crippen LogP contribution in [0.1, 0.15) is 20.8 Å². The van der Waals surface area contributed by atoms with Gasteiger partial charge in [0.2, 0.25) is 21.9 Å². The minimum atomic E-state index is -3.66. The minimum absolute atomic E-state index is 0.183. The standard InChI is InChI=1S/C20H21N7O2S/c1-20(2,3)26-30(28,29)15-8-4-7-14(13-15)16-9-5-10-17-23-19(25-27(16)17)24-18-21-11-6-12-22-18/h4-13,26H,1-3H3,(H,21,22,24,25). The molecule has 0 radical (unpaired) electrons. The Morgan fingerprint density at radius 1 is 0.933 bits per heavy atom. The lowest BCUT2D eigenvalue weighted by Crippen LogP contribution is -2.40. The summed E-state index contributed by atoms with van der Waals surface area (Å²) in [6, 6.07) is 14.0. The molecule has 0 aliphatic rings. The van der Waals surface area contributed by atoms with Gasteiger partial charge in [0.05, 0.1) is 10.6 Å². The van der Waals surface area contributed by atoms with E-state index in [1.165, 1.54) is 0 Å². The van der Waals surface area contributed by atoms with Crippen molar-refractivity contribution < 1.29 is 8.42 Å². The number of benzene rings is 1. The highest BCUT2D eigenvalue weighted by Crippen LogP contribution is 2.24. The molecule has 10 heteroatoms. The second kappa shape index (κ2) is 7.47. The Morgan fingerprint density at radius 3 is 2.40 bits per heavy atom. The predicted octanol–water partition coefficient (Wildman–Crippen LogP) is 3.01. The van der Waals surface area contributed by atoms with Gasteiger partial charge in [0, 0.05) is 23.5 Å². The van der Waals surface area contributed by atoms with Crippen LogP contribution >= 0.6 is 0 Å². The van der Waals surface area contributed by atoms with Crippen molar-refractivity contribution in [3.05, 3.63) is 60.9 Å². The van der Waals surface area contributed by atoms with E-state index in [2.05, 4.69) is 30.1 Å². The van der Waals surface area contributed by atoms with Crippen LogP contribution in [0.2, 0.25) is 0 Å². The summed E-state index contributed by atoms with van der Waals surface area (Å²) in [6.45, 7) is 5.40. The fraction of sp³-hybridized carbons (Fsp3) is 0.200. The average Bonchev–Trinajstić information content (AvgIpc) is 3.09. The van der Waals surface area contributed by atoms with Crippen LogP contribution in [-0.2, 0) is 10.0 Å². The van der Waals surface area contributed by atoms with Crippen LogP contribution in [0.5, 0.6) is 0 Å². The smallest absolute Gasteiger partial charge is 0.249 e. The maximum atomic E-state index is 12.7. The molecule has 0 aliphatic heterocycles. The molecule has 0 fully saturated rings. The Kier molecular flexibility index (Phi) is 4.96. The molecule has 3 heterocycles. The highest BCUT2D eigenvalue weighted by Gasteiger charge is 2.22. The van der Waals surface area contributed by atoms with Crippen LogP contribution in [-0.4, -0.2) is 38.5 Å². The Morgan fingerprint density at radius 2 is 1.67 bits per heavy atom. The molecule has 2 N–H and O–H groups in total. The van der Waals surface area contributed by atoms with Crippen molar-refractivity contribution in [1.29, 1.82) is 0 Å². The van der Waals surface area contributed by atoms with Crippen molar-refractivity contribution >= 4 is 27.6 Å². The number of aromatic nitrogens is 5. The molecule has 4 rings (SSSR count). The van der Waals surface area contributed by atoms with Gasteiger partial charge in [0.1, 0.15) is 0 Å². The zero-order chi connectivity index (χ0) is 21.4. The molecular formula is C20H21N7O2S. The van der Waals surface area contributed by atoms with Crippen LogP contribution in [0.3, 0.4) is 0 Å². The molecular weight excluding hydrogens is 402 g/mol. The quantitative estimate of drug-likeness (QED) is 0.507. The van der Waals surface area contributed by atoms with Crippen molar-refractivity contribution in [2.24, 2.45) is 0 Å². The molecule has 0 amide bonds. The highest BCUT2D eigenvalue weighted by atomic mass is 32.2. The van der Waals surface area contributed by atoms with E-state index in [4.69, 9.17) is 0 Å². The largest absolute Gasteiger partial charge is 0.291 e. The van der Waals surface area contributed by atoms with Crippen LogP contribution < -0.4 is 10.0 Å². The van der Waals surface area contributed by atoms with Gasteiger partial charge in [-0.3, -0.25) is 5.32 Å². The van der Waals surface area contributed by atoms with E-state index in [1.807, 2.05) is 24.3 Å². The molecule has 9 nitrogen and oxygen atoms in total. The third-order valence-electron chi connectivity index (χ3n) is 4.03. The first-order chi connectivity index (χ1) is 14.2. The zero-order valence-corrected chi connectivity index (χ0v) is 17.6.